The molecule has 8 heteroatoms. The molecule has 1 amide bonds. The van der Waals surface area contributed by atoms with Crippen LogP contribution in [0, 0.1) is 6.92 Å². The van der Waals surface area contributed by atoms with Crippen molar-refractivity contribution in [1.82, 2.24) is 4.98 Å². The fraction of sp³-hybridized carbons (Fsp3) is 0.267. The summed E-state index contributed by atoms with van der Waals surface area (Å²) in [6.45, 7) is 3.57. The van der Waals surface area contributed by atoms with E-state index in [1.807, 2.05) is 12.1 Å². The van der Waals surface area contributed by atoms with Crippen LogP contribution in [0.1, 0.15) is 22.3 Å². The van der Waals surface area contributed by atoms with E-state index in [1.54, 1.807) is 26.0 Å². The van der Waals surface area contributed by atoms with Crippen molar-refractivity contribution in [3.05, 3.63) is 39.3 Å². The molecule has 0 aliphatic carbocycles. The van der Waals surface area contributed by atoms with Gasteiger partial charge in [0.2, 0.25) is 0 Å². The molecule has 0 fully saturated rings. The monoisotopic (exact) mass is 398 g/mol. The number of anilines is 1. The Kier molecular flexibility index (Phi) is 6.12. The summed E-state index contributed by atoms with van der Waals surface area (Å²) in [6.07, 6.45) is 0. The van der Waals surface area contributed by atoms with Crippen molar-refractivity contribution in [3.8, 4) is 5.75 Å². The lowest BCUT2D eigenvalue weighted by molar-refractivity contribution is -0.118. The van der Waals surface area contributed by atoms with E-state index in [-0.39, 0.29) is 12.5 Å². The van der Waals surface area contributed by atoms with Crippen molar-refractivity contribution >= 4 is 44.3 Å². The molecule has 0 aliphatic rings. The minimum atomic E-state index is -0.436. The maximum absolute atomic E-state index is 11.9. The molecule has 0 radical (unpaired) electrons. The van der Waals surface area contributed by atoms with Crippen LogP contribution in [0.4, 0.5) is 5.13 Å². The zero-order valence-corrected chi connectivity index (χ0v) is 15.0. The largest absolute Gasteiger partial charge is 0.484 e. The summed E-state index contributed by atoms with van der Waals surface area (Å²) in [5.41, 5.74) is 0.526. The Balaban J connectivity index is 1.91. The van der Waals surface area contributed by atoms with Gasteiger partial charge in [-0.25, -0.2) is 9.78 Å². The molecular formula is C15H15BrN2O4S. The summed E-state index contributed by atoms with van der Waals surface area (Å²) in [6, 6.07) is 7.15. The maximum atomic E-state index is 11.9. The third kappa shape index (κ3) is 5.04. The molecule has 0 atom stereocenters. The first-order valence-corrected chi connectivity index (χ1v) is 8.43. The van der Waals surface area contributed by atoms with Gasteiger partial charge in [-0.15, -0.1) is 0 Å². The van der Waals surface area contributed by atoms with Crippen LogP contribution in [-0.2, 0) is 9.53 Å². The average Bonchev–Trinajstić information content (AvgIpc) is 2.87. The number of aryl methyl sites for hydroxylation is 1. The molecule has 0 spiro atoms. The van der Waals surface area contributed by atoms with E-state index in [4.69, 9.17) is 9.47 Å². The van der Waals surface area contributed by atoms with Crippen LogP contribution in [0.15, 0.2) is 28.7 Å². The van der Waals surface area contributed by atoms with Gasteiger partial charge in [0.25, 0.3) is 5.91 Å². The van der Waals surface area contributed by atoms with E-state index in [1.165, 1.54) is 0 Å². The molecule has 1 aromatic carbocycles. The smallest absolute Gasteiger partial charge is 0.350 e. The summed E-state index contributed by atoms with van der Waals surface area (Å²) in [5.74, 6) is -0.197. The van der Waals surface area contributed by atoms with Gasteiger partial charge in [0.15, 0.2) is 11.7 Å². The van der Waals surface area contributed by atoms with Crippen molar-refractivity contribution in [3.63, 3.8) is 0 Å². The topological polar surface area (TPSA) is 77.5 Å². The first-order chi connectivity index (χ1) is 11.0. The van der Waals surface area contributed by atoms with E-state index < -0.39 is 5.97 Å². The number of thiazole rings is 1. The molecule has 2 aromatic rings. The zero-order valence-electron chi connectivity index (χ0n) is 12.6. The molecule has 0 saturated carbocycles. The zero-order chi connectivity index (χ0) is 16.8. The van der Waals surface area contributed by atoms with Crippen molar-refractivity contribution in [1.29, 1.82) is 0 Å². The molecule has 6 nitrogen and oxygen atoms in total. The quantitative estimate of drug-likeness (QED) is 0.754. The van der Waals surface area contributed by atoms with Crippen LogP contribution in [0.5, 0.6) is 5.75 Å². The number of carbonyl (C=O) groups excluding carboxylic acids is 2. The third-order valence-electron chi connectivity index (χ3n) is 2.69. The van der Waals surface area contributed by atoms with E-state index >= 15 is 0 Å². The molecule has 0 bridgehead atoms. The molecule has 1 aromatic heterocycles. The molecule has 23 heavy (non-hydrogen) atoms. The van der Waals surface area contributed by atoms with Crippen LogP contribution in [-0.4, -0.2) is 30.1 Å². The second-order valence-electron chi connectivity index (χ2n) is 4.44. The third-order valence-corrected chi connectivity index (χ3v) is 4.27. The fourth-order valence-corrected chi connectivity index (χ4v) is 2.81. The Bertz CT molecular complexity index is 700. The van der Waals surface area contributed by atoms with E-state index in [0.717, 1.165) is 15.8 Å². The molecule has 122 valence electrons. The van der Waals surface area contributed by atoms with Gasteiger partial charge in [-0.1, -0.05) is 27.3 Å². The highest BCUT2D eigenvalue weighted by atomic mass is 79.9. The van der Waals surface area contributed by atoms with Crippen molar-refractivity contribution in [2.45, 2.75) is 13.8 Å². The second-order valence-corrected chi connectivity index (χ2v) is 6.36. The average molecular weight is 399 g/mol. The number of aromatic nitrogens is 1. The molecule has 0 aliphatic heterocycles. The first-order valence-electron chi connectivity index (χ1n) is 6.82. The second kappa shape index (κ2) is 8.07. The Morgan fingerprint density at radius 3 is 2.65 bits per heavy atom. The Labute approximate surface area is 146 Å². The summed E-state index contributed by atoms with van der Waals surface area (Å²) in [7, 11) is 0. The van der Waals surface area contributed by atoms with Crippen LogP contribution in [0.3, 0.4) is 0 Å². The Morgan fingerprint density at radius 1 is 1.30 bits per heavy atom. The van der Waals surface area contributed by atoms with Crippen LogP contribution >= 0.6 is 27.3 Å². The fourth-order valence-electron chi connectivity index (χ4n) is 1.67. The SMILES string of the molecule is CCOC(=O)c1sc(NC(=O)COc2ccc(Br)cc2)nc1C. The van der Waals surface area contributed by atoms with Gasteiger partial charge in [-0.05, 0) is 38.1 Å². The van der Waals surface area contributed by atoms with Crippen molar-refractivity contribution in [2.75, 3.05) is 18.5 Å². The number of hydrogen-bond acceptors (Lipinski definition) is 6. The van der Waals surface area contributed by atoms with Gasteiger partial charge in [0.05, 0.1) is 12.3 Å². The van der Waals surface area contributed by atoms with Gasteiger partial charge in [0.1, 0.15) is 10.6 Å². The molecule has 0 saturated heterocycles. The van der Waals surface area contributed by atoms with Gasteiger partial charge in [-0.3, -0.25) is 10.1 Å². The standard InChI is InChI=1S/C15H15BrN2O4S/c1-3-21-14(20)13-9(2)17-15(23-13)18-12(19)8-22-11-6-4-10(16)5-7-11/h4-7H,3,8H2,1-2H3,(H,17,18,19). The highest BCUT2D eigenvalue weighted by molar-refractivity contribution is 9.10. The number of nitrogens with zero attached hydrogens (tertiary/aromatic N) is 1. The van der Waals surface area contributed by atoms with Crippen LogP contribution in [0.25, 0.3) is 0 Å². The lowest BCUT2D eigenvalue weighted by Crippen LogP contribution is -2.20. The number of esters is 1. The van der Waals surface area contributed by atoms with Crippen LogP contribution in [0.2, 0.25) is 0 Å². The van der Waals surface area contributed by atoms with Crippen molar-refractivity contribution < 1.29 is 19.1 Å². The van der Waals surface area contributed by atoms with E-state index in [9.17, 15) is 9.59 Å². The Hall–Kier alpha value is -1.93. The van der Waals surface area contributed by atoms with Gasteiger partial charge in [-0.2, -0.15) is 0 Å². The first kappa shape index (κ1) is 17.4. The maximum Gasteiger partial charge on any atom is 0.350 e. The van der Waals surface area contributed by atoms with E-state index in [0.29, 0.717) is 28.1 Å². The normalized spacial score (nSPS) is 10.2. The molecular weight excluding hydrogens is 384 g/mol. The summed E-state index contributed by atoms with van der Waals surface area (Å²) < 4.78 is 11.2. The highest BCUT2D eigenvalue weighted by Gasteiger charge is 2.17. The lowest BCUT2D eigenvalue weighted by atomic mass is 10.3. The predicted molar refractivity (Wildman–Crippen MR) is 91.1 cm³/mol. The van der Waals surface area contributed by atoms with Crippen molar-refractivity contribution in [2.24, 2.45) is 0 Å². The molecule has 1 N–H and O–H groups in total. The summed E-state index contributed by atoms with van der Waals surface area (Å²) in [4.78, 5) is 28.1. The Morgan fingerprint density at radius 2 is 2.00 bits per heavy atom. The number of amides is 1. The minimum absolute atomic E-state index is 0.144. The van der Waals surface area contributed by atoms with E-state index in [2.05, 4.69) is 26.2 Å². The summed E-state index contributed by atoms with van der Waals surface area (Å²) >= 11 is 4.40. The lowest BCUT2D eigenvalue weighted by Gasteiger charge is -2.05. The molecule has 2 rings (SSSR count). The van der Waals surface area contributed by atoms with Gasteiger partial charge >= 0.3 is 5.97 Å². The number of nitrogens with one attached hydrogen (secondary N) is 1. The number of hydrogen-bond donors (Lipinski definition) is 1. The van der Waals surface area contributed by atoms with Gasteiger partial charge in [0, 0.05) is 4.47 Å². The number of benzene rings is 1. The molecule has 0 unspecified atom stereocenters. The predicted octanol–water partition coefficient (Wildman–Crippen LogP) is 3.41. The number of ether oxygens (including phenoxy) is 2. The number of carbonyl (C=O) groups is 2. The molecule has 1 heterocycles. The number of halogens is 1. The van der Waals surface area contributed by atoms with Crippen LogP contribution < -0.4 is 10.1 Å². The summed E-state index contributed by atoms with van der Waals surface area (Å²) in [5, 5.41) is 2.95. The van der Waals surface area contributed by atoms with Gasteiger partial charge < -0.3 is 9.47 Å². The minimum Gasteiger partial charge on any atom is -0.484 e. The number of rotatable bonds is 6. The highest BCUT2D eigenvalue weighted by Crippen LogP contribution is 2.23.